The van der Waals surface area contributed by atoms with E-state index in [4.69, 9.17) is 5.11 Å². The molecule has 0 aliphatic heterocycles. The molecule has 1 aromatic carbocycles. The molecular formula is C13H9FN2O2S. The highest BCUT2D eigenvalue weighted by molar-refractivity contribution is 7.22. The van der Waals surface area contributed by atoms with Crippen molar-refractivity contribution in [3.8, 4) is 10.6 Å². The normalized spacial score (nSPS) is 11.1. The second kappa shape index (κ2) is 4.17. The molecule has 0 atom stereocenters. The zero-order valence-corrected chi connectivity index (χ0v) is 10.7. The Bertz CT molecular complexity index is 791. The van der Waals surface area contributed by atoms with Gasteiger partial charge < -0.3 is 5.11 Å². The van der Waals surface area contributed by atoms with Crippen molar-refractivity contribution >= 4 is 27.4 Å². The van der Waals surface area contributed by atoms with E-state index in [1.54, 1.807) is 25.2 Å². The second-order valence-corrected chi connectivity index (χ2v) is 5.16. The first-order chi connectivity index (χ1) is 9.08. The van der Waals surface area contributed by atoms with Gasteiger partial charge in [0, 0.05) is 7.05 Å². The van der Waals surface area contributed by atoms with Gasteiger partial charge in [0.1, 0.15) is 11.4 Å². The fraction of sp³-hybridized carbons (Fsp3) is 0.0769. The molecular weight excluding hydrogens is 267 g/mol. The molecule has 6 heteroatoms. The van der Waals surface area contributed by atoms with Crippen molar-refractivity contribution in [1.29, 1.82) is 0 Å². The molecule has 0 spiro atoms. The smallest absolute Gasteiger partial charge is 0.339 e. The molecule has 3 aromatic rings. The summed E-state index contributed by atoms with van der Waals surface area (Å²) >= 11 is 1.23. The highest BCUT2D eigenvalue weighted by atomic mass is 32.1. The van der Waals surface area contributed by atoms with Crippen LogP contribution in [-0.2, 0) is 7.05 Å². The summed E-state index contributed by atoms with van der Waals surface area (Å²) in [6.45, 7) is 0. The summed E-state index contributed by atoms with van der Waals surface area (Å²) < 4.78 is 15.7. The Morgan fingerprint density at radius 1 is 1.47 bits per heavy atom. The number of benzene rings is 1. The number of aromatic carboxylic acids is 1. The van der Waals surface area contributed by atoms with Gasteiger partial charge in [-0.1, -0.05) is 12.1 Å². The van der Waals surface area contributed by atoms with Gasteiger partial charge in [-0.3, -0.25) is 4.68 Å². The fourth-order valence-electron chi connectivity index (χ4n) is 2.03. The van der Waals surface area contributed by atoms with Crippen molar-refractivity contribution in [3.63, 3.8) is 0 Å². The van der Waals surface area contributed by atoms with Crippen LogP contribution in [0.15, 0.2) is 30.5 Å². The summed E-state index contributed by atoms with van der Waals surface area (Å²) in [6, 6.07) is 6.61. The maximum absolute atomic E-state index is 13.7. The summed E-state index contributed by atoms with van der Waals surface area (Å²) in [5.41, 5.74) is 0.613. The van der Waals surface area contributed by atoms with E-state index >= 15 is 0 Å². The maximum Gasteiger partial charge on any atom is 0.339 e. The summed E-state index contributed by atoms with van der Waals surface area (Å²) in [5.74, 6) is -1.34. The molecule has 2 heterocycles. The molecule has 0 unspecified atom stereocenters. The molecule has 3 rings (SSSR count). The van der Waals surface area contributed by atoms with Gasteiger partial charge in [-0.25, -0.2) is 9.18 Å². The van der Waals surface area contributed by atoms with Crippen LogP contribution in [0.4, 0.5) is 4.39 Å². The molecule has 0 aliphatic carbocycles. The minimum absolute atomic E-state index is 0.120. The molecule has 0 bridgehead atoms. The summed E-state index contributed by atoms with van der Waals surface area (Å²) in [4.78, 5) is 11.9. The average molecular weight is 276 g/mol. The maximum atomic E-state index is 13.7. The standard InChI is InChI=1S/C13H9FN2O2S/c1-16-11(8(6-15-16)13(17)18)10-5-7-3-2-4-9(14)12(7)19-10/h2-6H,1H3,(H,17,18). The number of fused-ring (bicyclic) bond motifs is 1. The number of carbonyl (C=O) groups is 1. The molecule has 4 nitrogen and oxygen atoms in total. The number of aryl methyl sites for hydroxylation is 1. The lowest BCUT2D eigenvalue weighted by atomic mass is 10.2. The predicted octanol–water partition coefficient (Wildman–Crippen LogP) is 3.14. The van der Waals surface area contributed by atoms with E-state index in [9.17, 15) is 9.18 Å². The van der Waals surface area contributed by atoms with Gasteiger partial charge >= 0.3 is 5.97 Å². The number of aromatic nitrogens is 2. The van der Waals surface area contributed by atoms with Crippen molar-refractivity contribution in [2.75, 3.05) is 0 Å². The van der Waals surface area contributed by atoms with Crippen molar-refractivity contribution in [3.05, 3.63) is 41.8 Å². The monoisotopic (exact) mass is 276 g/mol. The van der Waals surface area contributed by atoms with E-state index in [1.165, 1.54) is 28.3 Å². The van der Waals surface area contributed by atoms with Crippen molar-refractivity contribution in [2.45, 2.75) is 0 Å². The third-order valence-electron chi connectivity index (χ3n) is 2.90. The Morgan fingerprint density at radius 2 is 2.26 bits per heavy atom. The van der Waals surface area contributed by atoms with Crippen LogP contribution in [0.25, 0.3) is 20.7 Å². The number of thiophene rings is 1. The Labute approximate surface area is 111 Å². The van der Waals surface area contributed by atoms with Crippen LogP contribution in [0.2, 0.25) is 0 Å². The molecule has 0 radical (unpaired) electrons. The van der Waals surface area contributed by atoms with Crippen LogP contribution >= 0.6 is 11.3 Å². The number of nitrogens with zero attached hydrogens (tertiary/aromatic N) is 2. The molecule has 0 fully saturated rings. The van der Waals surface area contributed by atoms with Crippen molar-refractivity contribution < 1.29 is 14.3 Å². The minimum Gasteiger partial charge on any atom is -0.478 e. The van der Waals surface area contributed by atoms with Gasteiger partial charge in [0.2, 0.25) is 0 Å². The van der Waals surface area contributed by atoms with Gasteiger partial charge in [0.05, 0.1) is 21.5 Å². The van der Waals surface area contributed by atoms with Gasteiger partial charge in [0.25, 0.3) is 0 Å². The minimum atomic E-state index is -1.04. The molecule has 1 N–H and O–H groups in total. The van der Waals surface area contributed by atoms with Gasteiger partial charge in [-0.2, -0.15) is 5.10 Å². The van der Waals surface area contributed by atoms with E-state index in [2.05, 4.69) is 5.10 Å². The first kappa shape index (κ1) is 11.9. The lowest BCUT2D eigenvalue weighted by molar-refractivity contribution is 0.0697. The predicted molar refractivity (Wildman–Crippen MR) is 70.9 cm³/mol. The van der Waals surface area contributed by atoms with Gasteiger partial charge in [0.15, 0.2) is 0 Å². The Morgan fingerprint density at radius 3 is 2.95 bits per heavy atom. The Kier molecular flexibility index (Phi) is 2.60. The van der Waals surface area contributed by atoms with E-state index < -0.39 is 5.97 Å². The number of halogens is 1. The zero-order valence-electron chi connectivity index (χ0n) is 9.92. The zero-order chi connectivity index (χ0) is 13.6. The van der Waals surface area contributed by atoms with Crippen molar-refractivity contribution in [1.82, 2.24) is 9.78 Å². The SMILES string of the molecule is Cn1ncc(C(=O)O)c1-c1cc2cccc(F)c2s1. The lowest BCUT2D eigenvalue weighted by Gasteiger charge is -1.99. The van der Waals surface area contributed by atoms with Crippen LogP contribution < -0.4 is 0 Å². The highest BCUT2D eigenvalue weighted by Crippen LogP contribution is 2.36. The highest BCUT2D eigenvalue weighted by Gasteiger charge is 2.19. The molecule has 96 valence electrons. The molecule has 0 saturated heterocycles. The van der Waals surface area contributed by atoms with Crippen LogP contribution in [-0.4, -0.2) is 20.9 Å². The third-order valence-corrected chi connectivity index (χ3v) is 4.06. The Balaban J connectivity index is 2.28. The average Bonchev–Trinajstić information content (AvgIpc) is 2.92. The van der Waals surface area contributed by atoms with E-state index in [0.717, 1.165) is 5.39 Å². The number of carboxylic acids is 1. The molecule has 0 aliphatic rings. The third kappa shape index (κ3) is 1.80. The summed E-state index contributed by atoms with van der Waals surface area (Å²) in [5, 5.41) is 13.9. The number of carboxylic acid groups (broad SMARTS) is 1. The number of hydrogen-bond donors (Lipinski definition) is 1. The second-order valence-electron chi connectivity index (χ2n) is 4.10. The summed E-state index contributed by atoms with van der Waals surface area (Å²) in [7, 11) is 1.67. The lowest BCUT2D eigenvalue weighted by Crippen LogP contribution is -1.99. The van der Waals surface area contributed by atoms with Crippen LogP contribution in [0.5, 0.6) is 0 Å². The first-order valence-corrected chi connectivity index (χ1v) is 6.33. The topological polar surface area (TPSA) is 55.1 Å². The van der Waals surface area contributed by atoms with E-state index in [1.807, 2.05) is 0 Å². The van der Waals surface area contributed by atoms with Crippen LogP contribution in [0, 0.1) is 5.82 Å². The quantitative estimate of drug-likeness (QED) is 0.782. The van der Waals surface area contributed by atoms with Crippen LogP contribution in [0.3, 0.4) is 0 Å². The molecule has 2 aromatic heterocycles. The Hall–Kier alpha value is -2.21. The first-order valence-electron chi connectivity index (χ1n) is 5.51. The fourth-order valence-corrected chi connectivity index (χ4v) is 3.19. The van der Waals surface area contributed by atoms with Crippen molar-refractivity contribution in [2.24, 2.45) is 7.05 Å². The van der Waals surface area contributed by atoms with E-state index in [0.29, 0.717) is 15.3 Å². The van der Waals surface area contributed by atoms with Gasteiger partial charge in [-0.15, -0.1) is 11.3 Å². The number of hydrogen-bond acceptors (Lipinski definition) is 3. The molecule has 0 amide bonds. The summed E-state index contributed by atoms with van der Waals surface area (Å²) in [6.07, 6.45) is 1.30. The molecule has 0 saturated carbocycles. The van der Waals surface area contributed by atoms with E-state index in [-0.39, 0.29) is 11.4 Å². The largest absolute Gasteiger partial charge is 0.478 e. The molecule has 19 heavy (non-hydrogen) atoms. The number of rotatable bonds is 2. The van der Waals surface area contributed by atoms with Gasteiger partial charge in [-0.05, 0) is 17.5 Å². The van der Waals surface area contributed by atoms with Crippen LogP contribution in [0.1, 0.15) is 10.4 Å².